The van der Waals surface area contributed by atoms with Crippen LogP contribution in [-0.2, 0) is 10.0 Å². The molecule has 2 aromatic carbocycles. The first kappa shape index (κ1) is 15.3. The maximum atomic E-state index is 13.1. The van der Waals surface area contributed by atoms with Crippen molar-refractivity contribution in [2.24, 2.45) is 0 Å². The first-order chi connectivity index (χ1) is 11.6. The molecular formula is C17H16FN3O2S. The second-order valence-corrected chi connectivity index (χ2v) is 7.76. The molecule has 1 aliphatic heterocycles. The zero-order chi connectivity index (χ0) is 16.7. The fourth-order valence-electron chi connectivity index (χ4n) is 3.17. The van der Waals surface area contributed by atoms with E-state index >= 15 is 0 Å². The Kier molecular flexibility index (Phi) is 3.62. The van der Waals surface area contributed by atoms with Crippen molar-refractivity contribution in [1.29, 1.82) is 0 Å². The van der Waals surface area contributed by atoms with Gasteiger partial charge in [-0.3, -0.25) is 0 Å². The van der Waals surface area contributed by atoms with Crippen LogP contribution in [0.2, 0.25) is 0 Å². The number of nitrogens with one attached hydrogen (secondary N) is 1. The maximum Gasteiger partial charge on any atom is 0.243 e. The molecule has 0 bridgehead atoms. The predicted octanol–water partition coefficient (Wildman–Crippen LogP) is 3.23. The van der Waals surface area contributed by atoms with E-state index in [1.54, 1.807) is 0 Å². The number of fused-ring (bicyclic) bond motifs is 1. The summed E-state index contributed by atoms with van der Waals surface area (Å²) in [7, 11) is -3.68. The summed E-state index contributed by atoms with van der Waals surface area (Å²) in [6.07, 6.45) is 1.47. The van der Waals surface area contributed by atoms with Gasteiger partial charge in [0.15, 0.2) is 0 Å². The highest BCUT2D eigenvalue weighted by Crippen LogP contribution is 2.36. The van der Waals surface area contributed by atoms with Crippen LogP contribution in [0.5, 0.6) is 0 Å². The third kappa shape index (κ3) is 2.50. The first-order valence-electron chi connectivity index (χ1n) is 7.78. The Morgan fingerprint density at radius 2 is 1.88 bits per heavy atom. The topological polar surface area (TPSA) is 66.1 Å². The van der Waals surface area contributed by atoms with E-state index in [0.717, 1.165) is 17.5 Å². The van der Waals surface area contributed by atoms with Crippen molar-refractivity contribution in [2.45, 2.75) is 23.8 Å². The van der Waals surface area contributed by atoms with Gasteiger partial charge in [0.1, 0.15) is 11.6 Å². The monoisotopic (exact) mass is 345 g/mol. The Labute approximate surface area is 139 Å². The molecule has 1 N–H and O–H groups in total. The second kappa shape index (κ2) is 5.68. The summed E-state index contributed by atoms with van der Waals surface area (Å²) < 4.78 is 40.4. The van der Waals surface area contributed by atoms with E-state index in [4.69, 9.17) is 0 Å². The van der Waals surface area contributed by atoms with Crippen molar-refractivity contribution in [3.8, 4) is 0 Å². The number of aromatic amines is 1. The van der Waals surface area contributed by atoms with Crippen molar-refractivity contribution < 1.29 is 12.8 Å². The van der Waals surface area contributed by atoms with Gasteiger partial charge in [-0.1, -0.05) is 12.1 Å². The second-order valence-electron chi connectivity index (χ2n) is 5.87. The van der Waals surface area contributed by atoms with Gasteiger partial charge in [-0.15, -0.1) is 0 Å². The molecule has 7 heteroatoms. The lowest BCUT2D eigenvalue weighted by molar-refractivity contribution is 0.385. The summed E-state index contributed by atoms with van der Waals surface area (Å²) >= 11 is 0. The molecule has 0 spiro atoms. The van der Waals surface area contributed by atoms with Crippen LogP contribution in [0.1, 0.15) is 24.7 Å². The Bertz CT molecular complexity index is 949. The average molecular weight is 345 g/mol. The minimum atomic E-state index is -3.68. The van der Waals surface area contributed by atoms with Crippen LogP contribution in [0, 0.1) is 5.82 Å². The highest BCUT2D eigenvalue weighted by atomic mass is 32.2. The van der Waals surface area contributed by atoms with Crippen LogP contribution < -0.4 is 0 Å². The minimum Gasteiger partial charge on any atom is -0.341 e. The van der Waals surface area contributed by atoms with Crippen LogP contribution in [-0.4, -0.2) is 29.2 Å². The zero-order valence-electron chi connectivity index (χ0n) is 12.8. The van der Waals surface area contributed by atoms with Crippen molar-refractivity contribution in [1.82, 2.24) is 14.3 Å². The SMILES string of the molecule is O=S(=O)(c1ccc(F)cc1)N1CCC[C@@H]1c1nc2ccccc2[nH]1. The van der Waals surface area contributed by atoms with Gasteiger partial charge in [0.05, 0.1) is 22.0 Å². The number of hydrogen-bond acceptors (Lipinski definition) is 3. The molecule has 1 aliphatic rings. The van der Waals surface area contributed by atoms with Crippen LogP contribution >= 0.6 is 0 Å². The van der Waals surface area contributed by atoms with Gasteiger partial charge in [-0.05, 0) is 49.2 Å². The van der Waals surface area contributed by atoms with Gasteiger partial charge in [0.25, 0.3) is 0 Å². The number of hydrogen-bond donors (Lipinski definition) is 1. The van der Waals surface area contributed by atoms with Crippen molar-refractivity contribution in [2.75, 3.05) is 6.54 Å². The first-order valence-corrected chi connectivity index (χ1v) is 9.22. The fraction of sp³-hybridized carbons (Fsp3) is 0.235. The smallest absolute Gasteiger partial charge is 0.243 e. The molecule has 0 amide bonds. The minimum absolute atomic E-state index is 0.104. The number of H-pyrrole nitrogens is 1. The van der Waals surface area contributed by atoms with Crippen LogP contribution in [0.3, 0.4) is 0 Å². The number of sulfonamides is 1. The van der Waals surface area contributed by atoms with Crippen LogP contribution in [0.4, 0.5) is 4.39 Å². The quantitative estimate of drug-likeness (QED) is 0.792. The molecule has 0 unspecified atom stereocenters. The lowest BCUT2D eigenvalue weighted by Crippen LogP contribution is -2.31. The molecule has 3 aromatic rings. The van der Waals surface area contributed by atoms with Gasteiger partial charge in [0.2, 0.25) is 10.0 Å². The molecule has 2 heterocycles. The molecule has 124 valence electrons. The van der Waals surface area contributed by atoms with Crippen LogP contribution in [0.25, 0.3) is 11.0 Å². The number of halogens is 1. The van der Waals surface area contributed by atoms with Crippen LogP contribution in [0.15, 0.2) is 53.4 Å². The van der Waals surface area contributed by atoms with E-state index in [1.807, 2.05) is 24.3 Å². The largest absolute Gasteiger partial charge is 0.341 e. The number of benzene rings is 2. The molecule has 0 saturated carbocycles. The lowest BCUT2D eigenvalue weighted by atomic mass is 10.2. The third-order valence-corrected chi connectivity index (χ3v) is 6.27. The van der Waals surface area contributed by atoms with Crippen molar-refractivity contribution in [3.05, 3.63) is 60.2 Å². The summed E-state index contributed by atoms with van der Waals surface area (Å²) in [5.41, 5.74) is 1.71. The highest BCUT2D eigenvalue weighted by molar-refractivity contribution is 7.89. The Hall–Kier alpha value is -2.25. The summed E-state index contributed by atoms with van der Waals surface area (Å²) in [5, 5.41) is 0. The standard InChI is InChI=1S/C17H16FN3O2S/c18-12-7-9-13(10-8-12)24(22,23)21-11-3-6-16(21)17-19-14-4-1-2-5-15(14)20-17/h1-2,4-5,7-10,16H,3,6,11H2,(H,19,20)/t16-/m1/s1. The number of para-hydroxylation sites is 2. The summed E-state index contributed by atoms with van der Waals surface area (Å²) in [4.78, 5) is 7.87. The summed E-state index contributed by atoms with van der Waals surface area (Å²) in [6, 6.07) is 12.2. The number of rotatable bonds is 3. The van der Waals surface area contributed by atoms with Crippen molar-refractivity contribution in [3.63, 3.8) is 0 Å². The van der Waals surface area contributed by atoms with Crippen molar-refractivity contribution >= 4 is 21.1 Å². The normalized spacial score (nSPS) is 19.1. The fourth-order valence-corrected chi connectivity index (χ4v) is 4.83. The van der Waals surface area contributed by atoms with Gasteiger partial charge < -0.3 is 4.98 Å². The Balaban J connectivity index is 1.73. The molecule has 4 rings (SSSR count). The lowest BCUT2D eigenvalue weighted by Gasteiger charge is -2.22. The maximum absolute atomic E-state index is 13.1. The molecule has 5 nitrogen and oxygen atoms in total. The molecule has 1 atom stereocenters. The van der Waals surface area contributed by atoms with Gasteiger partial charge in [0, 0.05) is 6.54 Å². The van der Waals surface area contributed by atoms with E-state index in [9.17, 15) is 12.8 Å². The Morgan fingerprint density at radius 3 is 2.62 bits per heavy atom. The number of aromatic nitrogens is 2. The van der Waals surface area contributed by atoms with Gasteiger partial charge >= 0.3 is 0 Å². The third-order valence-electron chi connectivity index (χ3n) is 4.35. The molecule has 0 aliphatic carbocycles. The van der Waals surface area contributed by atoms with E-state index in [-0.39, 0.29) is 10.9 Å². The average Bonchev–Trinajstić information content (AvgIpc) is 3.22. The molecule has 1 aromatic heterocycles. The summed E-state index contributed by atoms with van der Waals surface area (Å²) in [5.74, 6) is 0.198. The molecule has 1 fully saturated rings. The molecule has 0 radical (unpaired) electrons. The predicted molar refractivity (Wildman–Crippen MR) is 88.4 cm³/mol. The zero-order valence-corrected chi connectivity index (χ0v) is 13.6. The number of imidazole rings is 1. The highest BCUT2D eigenvalue weighted by Gasteiger charge is 2.37. The van der Waals surface area contributed by atoms with E-state index < -0.39 is 15.8 Å². The molecule has 1 saturated heterocycles. The molecule has 24 heavy (non-hydrogen) atoms. The summed E-state index contributed by atoms with van der Waals surface area (Å²) in [6.45, 7) is 0.432. The van der Waals surface area contributed by atoms with E-state index in [0.29, 0.717) is 18.8 Å². The molecular weight excluding hydrogens is 329 g/mol. The Morgan fingerprint density at radius 1 is 1.12 bits per heavy atom. The van der Waals surface area contributed by atoms with Gasteiger partial charge in [-0.2, -0.15) is 4.31 Å². The van der Waals surface area contributed by atoms with E-state index in [2.05, 4.69) is 9.97 Å². The van der Waals surface area contributed by atoms with Gasteiger partial charge in [-0.25, -0.2) is 17.8 Å². The van der Waals surface area contributed by atoms with E-state index in [1.165, 1.54) is 28.6 Å². The number of nitrogens with zero attached hydrogens (tertiary/aromatic N) is 2.